The van der Waals surface area contributed by atoms with Crippen LogP contribution in [-0.2, 0) is 10.2 Å². The average Bonchev–Trinajstić information content (AvgIpc) is 3.58. The van der Waals surface area contributed by atoms with Gasteiger partial charge in [-0.1, -0.05) is 48.0 Å². The quantitative estimate of drug-likeness (QED) is 0.428. The maximum absolute atomic E-state index is 13.0. The van der Waals surface area contributed by atoms with Crippen LogP contribution in [0.3, 0.4) is 0 Å². The van der Waals surface area contributed by atoms with E-state index in [2.05, 4.69) is 10.5 Å². The molecule has 0 aliphatic heterocycles. The minimum Gasteiger partial charge on any atom is -0.497 e. The number of methoxy groups -OCH3 is 2. The van der Waals surface area contributed by atoms with Gasteiger partial charge in [-0.15, -0.1) is 0 Å². The van der Waals surface area contributed by atoms with Crippen LogP contribution in [0.15, 0.2) is 77.9 Å². The lowest BCUT2D eigenvalue weighted by Gasteiger charge is -2.20. The van der Waals surface area contributed by atoms with E-state index in [1.165, 1.54) is 0 Å². The molecule has 6 heteroatoms. The fourth-order valence-electron chi connectivity index (χ4n) is 3.98. The topological polar surface area (TPSA) is 59.9 Å². The summed E-state index contributed by atoms with van der Waals surface area (Å²) < 4.78 is 10.8. The summed E-state index contributed by atoms with van der Waals surface area (Å²) in [6.45, 7) is 0. The van der Waals surface area contributed by atoms with E-state index >= 15 is 0 Å². The predicted octanol–water partition coefficient (Wildman–Crippen LogP) is 4.81. The van der Waals surface area contributed by atoms with Crippen molar-refractivity contribution in [3.8, 4) is 11.5 Å². The zero-order chi connectivity index (χ0) is 21.8. The third-order valence-corrected chi connectivity index (χ3v) is 5.96. The molecule has 3 aromatic rings. The second-order valence-corrected chi connectivity index (χ2v) is 7.91. The summed E-state index contributed by atoms with van der Waals surface area (Å²) >= 11 is 5.90. The second-order valence-electron chi connectivity index (χ2n) is 7.48. The number of hydrazone groups is 1. The Balaban J connectivity index is 1.60. The molecule has 1 unspecified atom stereocenters. The molecule has 0 radical (unpaired) electrons. The van der Waals surface area contributed by atoms with Gasteiger partial charge in [0, 0.05) is 10.4 Å². The Kier molecular flexibility index (Phi) is 5.96. The number of nitrogens with one attached hydrogen (secondary N) is 1. The van der Waals surface area contributed by atoms with Crippen LogP contribution in [0.5, 0.6) is 11.5 Å². The minimum atomic E-state index is -0.455. The van der Waals surface area contributed by atoms with Gasteiger partial charge in [-0.3, -0.25) is 4.79 Å². The van der Waals surface area contributed by atoms with Gasteiger partial charge >= 0.3 is 0 Å². The van der Waals surface area contributed by atoms with E-state index in [-0.39, 0.29) is 11.8 Å². The van der Waals surface area contributed by atoms with Gasteiger partial charge in [0.15, 0.2) is 0 Å². The summed E-state index contributed by atoms with van der Waals surface area (Å²) in [5, 5.41) is 4.79. The molecule has 158 valence electrons. The van der Waals surface area contributed by atoms with E-state index < -0.39 is 5.41 Å². The molecule has 4 rings (SSSR count). The van der Waals surface area contributed by atoms with Crippen LogP contribution >= 0.6 is 11.6 Å². The van der Waals surface area contributed by atoms with Crippen molar-refractivity contribution in [1.82, 2.24) is 5.43 Å². The molecule has 1 fully saturated rings. The largest absolute Gasteiger partial charge is 0.497 e. The van der Waals surface area contributed by atoms with E-state index in [1.807, 2.05) is 60.7 Å². The highest BCUT2D eigenvalue weighted by Gasteiger charge is 2.60. The standard InChI is InChI=1S/C25H23ClN2O3/c1-30-21-7-3-5-18(13-21)25(19-6-4-8-22(14-19)31-2)15-23(25)24(29)28-27-16-17-9-11-20(26)12-10-17/h3-14,16,23H,15H2,1-2H3,(H,28,29)/b27-16+. The van der Waals surface area contributed by atoms with Crippen molar-refractivity contribution >= 4 is 23.7 Å². The van der Waals surface area contributed by atoms with Gasteiger partial charge in [0.05, 0.1) is 26.4 Å². The Labute approximate surface area is 186 Å². The lowest BCUT2D eigenvalue weighted by molar-refractivity contribution is -0.122. The second kappa shape index (κ2) is 8.82. The van der Waals surface area contributed by atoms with Crippen molar-refractivity contribution in [3.05, 3.63) is 94.5 Å². The molecule has 1 saturated carbocycles. The number of hydrogen-bond donors (Lipinski definition) is 1. The van der Waals surface area contributed by atoms with Gasteiger partial charge in [-0.2, -0.15) is 5.10 Å². The van der Waals surface area contributed by atoms with Gasteiger partial charge in [0.25, 0.3) is 0 Å². The van der Waals surface area contributed by atoms with Crippen LogP contribution in [0.2, 0.25) is 5.02 Å². The Morgan fingerprint density at radius 1 is 1.00 bits per heavy atom. The number of ether oxygens (including phenoxy) is 2. The maximum atomic E-state index is 13.0. The Bertz CT molecular complexity index is 1060. The van der Waals surface area contributed by atoms with E-state index in [1.54, 1.807) is 32.6 Å². The first-order chi connectivity index (χ1) is 15.1. The van der Waals surface area contributed by atoms with Crippen molar-refractivity contribution in [1.29, 1.82) is 0 Å². The molecule has 3 aromatic carbocycles. The SMILES string of the molecule is COc1cccc(C2(c3cccc(OC)c3)CC2C(=O)N/N=C/c2ccc(Cl)cc2)c1. The summed E-state index contributed by atoms with van der Waals surface area (Å²) in [4.78, 5) is 13.0. The summed E-state index contributed by atoms with van der Waals surface area (Å²) in [5.74, 6) is 1.13. The molecule has 0 heterocycles. The highest BCUT2D eigenvalue weighted by molar-refractivity contribution is 6.30. The number of carbonyl (C=O) groups is 1. The molecular weight excluding hydrogens is 412 g/mol. The number of nitrogens with zero attached hydrogens (tertiary/aromatic N) is 1. The first-order valence-electron chi connectivity index (χ1n) is 9.94. The van der Waals surface area contributed by atoms with E-state index in [9.17, 15) is 4.79 Å². The maximum Gasteiger partial charge on any atom is 0.244 e. The lowest BCUT2D eigenvalue weighted by Crippen LogP contribution is -2.25. The van der Waals surface area contributed by atoms with Crippen molar-refractivity contribution in [2.75, 3.05) is 14.2 Å². The average molecular weight is 435 g/mol. The van der Waals surface area contributed by atoms with Gasteiger partial charge in [-0.25, -0.2) is 5.43 Å². The fourth-order valence-corrected chi connectivity index (χ4v) is 4.11. The molecule has 0 spiro atoms. The van der Waals surface area contributed by atoms with Crippen molar-refractivity contribution in [3.63, 3.8) is 0 Å². The van der Waals surface area contributed by atoms with Crippen LogP contribution in [0.25, 0.3) is 0 Å². The van der Waals surface area contributed by atoms with E-state index in [4.69, 9.17) is 21.1 Å². The summed E-state index contributed by atoms with van der Waals surface area (Å²) in [6.07, 6.45) is 2.28. The minimum absolute atomic E-state index is 0.129. The third kappa shape index (κ3) is 4.28. The molecule has 1 aliphatic carbocycles. The van der Waals surface area contributed by atoms with E-state index in [0.29, 0.717) is 11.4 Å². The van der Waals surface area contributed by atoms with Gasteiger partial charge in [-0.05, 0) is 59.5 Å². The predicted molar refractivity (Wildman–Crippen MR) is 122 cm³/mol. The van der Waals surface area contributed by atoms with Gasteiger partial charge in [0.2, 0.25) is 5.91 Å². The van der Waals surface area contributed by atoms with Crippen LogP contribution < -0.4 is 14.9 Å². The molecule has 0 aromatic heterocycles. The van der Waals surface area contributed by atoms with Crippen LogP contribution in [0, 0.1) is 5.92 Å². The Hall–Kier alpha value is -3.31. The number of benzene rings is 3. The molecular formula is C25H23ClN2O3. The normalized spacial score (nSPS) is 16.7. The monoisotopic (exact) mass is 434 g/mol. The first-order valence-corrected chi connectivity index (χ1v) is 10.3. The van der Waals surface area contributed by atoms with Crippen LogP contribution in [-0.4, -0.2) is 26.3 Å². The summed E-state index contributed by atoms with van der Waals surface area (Å²) in [7, 11) is 3.28. The first kappa shape index (κ1) is 20.9. The lowest BCUT2D eigenvalue weighted by atomic mass is 9.85. The zero-order valence-corrected chi connectivity index (χ0v) is 18.1. The Morgan fingerprint density at radius 2 is 1.58 bits per heavy atom. The molecule has 1 N–H and O–H groups in total. The van der Waals surface area contributed by atoms with E-state index in [0.717, 1.165) is 28.2 Å². The van der Waals surface area contributed by atoms with Crippen molar-refractivity contribution in [2.45, 2.75) is 11.8 Å². The Morgan fingerprint density at radius 3 is 2.13 bits per heavy atom. The molecule has 1 amide bonds. The fraction of sp³-hybridized carbons (Fsp3) is 0.200. The molecule has 5 nitrogen and oxygen atoms in total. The summed E-state index contributed by atoms with van der Waals surface area (Å²) in [6, 6.07) is 23.0. The van der Waals surface area contributed by atoms with Gasteiger partial charge in [0.1, 0.15) is 11.5 Å². The van der Waals surface area contributed by atoms with Crippen LogP contribution in [0.4, 0.5) is 0 Å². The number of halogens is 1. The molecule has 31 heavy (non-hydrogen) atoms. The molecule has 1 aliphatic rings. The molecule has 0 bridgehead atoms. The van der Waals surface area contributed by atoms with Crippen molar-refractivity contribution < 1.29 is 14.3 Å². The molecule has 0 saturated heterocycles. The smallest absolute Gasteiger partial charge is 0.244 e. The summed E-state index contributed by atoms with van der Waals surface area (Å²) in [5.41, 5.74) is 5.15. The van der Waals surface area contributed by atoms with Crippen LogP contribution in [0.1, 0.15) is 23.1 Å². The zero-order valence-electron chi connectivity index (χ0n) is 17.3. The highest BCUT2D eigenvalue weighted by Crippen LogP contribution is 2.59. The number of hydrogen-bond acceptors (Lipinski definition) is 4. The number of rotatable bonds is 7. The molecule has 1 atom stereocenters. The van der Waals surface area contributed by atoms with Crippen molar-refractivity contribution in [2.24, 2.45) is 11.0 Å². The number of carbonyl (C=O) groups excluding carboxylic acids is 1. The number of amides is 1. The highest BCUT2D eigenvalue weighted by atomic mass is 35.5. The third-order valence-electron chi connectivity index (χ3n) is 5.71. The van der Waals surface area contributed by atoms with Gasteiger partial charge < -0.3 is 9.47 Å².